The molecule has 0 aliphatic rings. The number of rotatable bonds is 4. The Morgan fingerprint density at radius 3 is 2.62 bits per heavy atom. The molecule has 0 spiro atoms. The average Bonchev–Trinajstić information content (AvgIpc) is 3.30. The molecule has 10 heteroatoms. The zero-order valence-electron chi connectivity index (χ0n) is 15.7. The molecule has 4 aromatic rings. The molecule has 4 rings (SSSR count). The maximum Gasteiger partial charge on any atom is 0.328 e. The first kappa shape index (κ1) is 18.7. The van der Waals surface area contributed by atoms with E-state index in [-0.39, 0.29) is 17.9 Å². The first-order valence-corrected chi connectivity index (χ1v) is 9.60. The summed E-state index contributed by atoms with van der Waals surface area (Å²) in [4.78, 5) is 37.7. The largest absolute Gasteiger partial charge is 0.394 e. The lowest BCUT2D eigenvalue weighted by molar-refractivity contribution is -0.117. The second kappa shape index (κ2) is 7.06. The van der Waals surface area contributed by atoms with E-state index in [9.17, 15) is 14.4 Å². The third kappa shape index (κ3) is 3.34. The summed E-state index contributed by atoms with van der Waals surface area (Å²) in [6.45, 7) is -0.284. The Bertz CT molecular complexity index is 1350. The van der Waals surface area contributed by atoms with Crippen molar-refractivity contribution >= 4 is 39.7 Å². The topological polar surface area (TPSA) is 117 Å². The van der Waals surface area contributed by atoms with Crippen LogP contribution in [0.15, 0.2) is 51.4 Å². The Balaban J connectivity index is 1.60. The number of carbonyl (C=O) groups excluding carboxylic acids is 1. The van der Waals surface area contributed by atoms with Gasteiger partial charge < -0.3 is 11.1 Å². The van der Waals surface area contributed by atoms with Crippen LogP contribution in [0, 0.1) is 0 Å². The Kier molecular flexibility index (Phi) is 4.55. The summed E-state index contributed by atoms with van der Waals surface area (Å²) < 4.78 is 4.09. The van der Waals surface area contributed by atoms with Crippen LogP contribution in [-0.4, -0.2) is 24.8 Å². The third-order valence-electron chi connectivity index (χ3n) is 4.62. The van der Waals surface area contributed by atoms with Crippen LogP contribution in [0.5, 0.6) is 0 Å². The minimum Gasteiger partial charge on any atom is -0.394 e. The predicted molar refractivity (Wildman–Crippen MR) is 113 cm³/mol. The molecule has 0 aliphatic heterocycles. The number of fused-ring (bicyclic) bond motifs is 1. The van der Waals surface area contributed by atoms with Crippen LogP contribution in [0.1, 0.15) is 0 Å². The highest BCUT2D eigenvalue weighted by Gasteiger charge is 2.13. The number of nitrogens with one attached hydrogen (secondary N) is 1. The normalized spacial score (nSPS) is 11.1. The molecule has 3 heterocycles. The van der Waals surface area contributed by atoms with Gasteiger partial charge in [0, 0.05) is 19.8 Å². The number of hydrogen-bond donors (Lipinski definition) is 2. The van der Waals surface area contributed by atoms with Gasteiger partial charge >= 0.3 is 5.69 Å². The second-order valence-corrected chi connectivity index (χ2v) is 7.52. The highest BCUT2D eigenvalue weighted by atomic mass is 32.1. The van der Waals surface area contributed by atoms with Gasteiger partial charge in [0.15, 0.2) is 0 Å². The molecule has 0 radical (unpaired) electrons. The lowest BCUT2D eigenvalue weighted by Gasteiger charge is -2.09. The van der Waals surface area contributed by atoms with Gasteiger partial charge in [-0.05, 0) is 35.7 Å². The van der Waals surface area contributed by atoms with Gasteiger partial charge in [-0.3, -0.25) is 18.7 Å². The van der Waals surface area contributed by atoms with Crippen molar-refractivity contribution in [2.45, 2.75) is 6.54 Å². The monoisotopic (exact) mass is 410 g/mol. The highest BCUT2D eigenvalue weighted by Crippen LogP contribution is 2.22. The maximum atomic E-state index is 12.5. The summed E-state index contributed by atoms with van der Waals surface area (Å²) in [5.41, 5.74) is 7.65. The van der Waals surface area contributed by atoms with E-state index in [4.69, 9.17) is 5.73 Å². The molecular formula is C19H18N6O3S. The molecule has 0 bridgehead atoms. The van der Waals surface area contributed by atoms with E-state index in [0.29, 0.717) is 16.9 Å². The number of thiophene rings is 1. The quantitative estimate of drug-likeness (QED) is 0.527. The van der Waals surface area contributed by atoms with E-state index in [1.165, 1.54) is 26.5 Å². The fourth-order valence-electron chi connectivity index (χ4n) is 3.14. The number of benzene rings is 1. The van der Waals surface area contributed by atoms with Crippen molar-refractivity contribution in [1.82, 2.24) is 18.9 Å². The second-order valence-electron chi connectivity index (χ2n) is 6.58. The van der Waals surface area contributed by atoms with Crippen LogP contribution >= 0.6 is 11.3 Å². The molecule has 148 valence electrons. The smallest absolute Gasteiger partial charge is 0.328 e. The van der Waals surface area contributed by atoms with Crippen molar-refractivity contribution in [2.75, 3.05) is 11.1 Å². The number of imidazole rings is 1. The van der Waals surface area contributed by atoms with E-state index < -0.39 is 11.5 Å². The van der Waals surface area contributed by atoms with Gasteiger partial charge in [-0.1, -0.05) is 6.07 Å². The number of aromatic nitrogens is 4. The molecule has 1 aromatic carbocycles. The van der Waals surface area contributed by atoms with Gasteiger partial charge in [0.1, 0.15) is 17.9 Å². The minimum absolute atomic E-state index is 0.0249. The van der Waals surface area contributed by atoms with Gasteiger partial charge in [-0.25, -0.2) is 9.48 Å². The van der Waals surface area contributed by atoms with E-state index in [2.05, 4.69) is 10.4 Å². The van der Waals surface area contributed by atoms with Crippen molar-refractivity contribution in [3.63, 3.8) is 0 Å². The molecule has 0 saturated heterocycles. The van der Waals surface area contributed by atoms with Crippen LogP contribution in [0.25, 0.3) is 21.6 Å². The number of nitrogen functional groups attached to an aromatic ring is 1. The van der Waals surface area contributed by atoms with Crippen molar-refractivity contribution in [3.05, 3.63) is 62.6 Å². The standard InChI is InChI=1S/C19H18N6O3S/c1-23-14-6-5-11(8-15(14)24(2)19(23)28)21-17(26)10-25-18(27)12(20)9-13(22-25)16-4-3-7-29-16/h3-9H,10,20H2,1-2H3,(H,21,26). The summed E-state index contributed by atoms with van der Waals surface area (Å²) in [5.74, 6) is -0.428. The molecule has 29 heavy (non-hydrogen) atoms. The van der Waals surface area contributed by atoms with Crippen LogP contribution in [0.2, 0.25) is 0 Å². The number of nitrogens with two attached hydrogens (primary N) is 1. The lowest BCUT2D eigenvalue weighted by atomic mass is 10.2. The summed E-state index contributed by atoms with van der Waals surface area (Å²) in [7, 11) is 3.35. The molecule has 0 fully saturated rings. The Morgan fingerprint density at radius 2 is 1.90 bits per heavy atom. The van der Waals surface area contributed by atoms with Crippen molar-refractivity contribution in [1.29, 1.82) is 0 Å². The van der Waals surface area contributed by atoms with E-state index in [0.717, 1.165) is 15.1 Å². The number of aryl methyl sites for hydroxylation is 2. The fraction of sp³-hybridized carbons (Fsp3) is 0.158. The Morgan fingerprint density at radius 1 is 1.14 bits per heavy atom. The van der Waals surface area contributed by atoms with E-state index in [1.807, 2.05) is 17.5 Å². The summed E-state index contributed by atoms with van der Waals surface area (Å²) >= 11 is 1.46. The van der Waals surface area contributed by atoms with Crippen molar-refractivity contribution in [2.24, 2.45) is 14.1 Å². The molecule has 3 aromatic heterocycles. The number of anilines is 2. The van der Waals surface area contributed by atoms with Gasteiger partial charge in [-0.2, -0.15) is 5.10 Å². The molecule has 9 nitrogen and oxygen atoms in total. The average molecular weight is 410 g/mol. The molecule has 0 atom stereocenters. The zero-order chi connectivity index (χ0) is 20.7. The number of amides is 1. The number of hydrogen-bond acceptors (Lipinski definition) is 6. The van der Waals surface area contributed by atoms with Crippen molar-refractivity contribution in [3.8, 4) is 10.6 Å². The number of carbonyl (C=O) groups is 1. The SMILES string of the molecule is Cn1c(=O)n(C)c2cc(NC(=O)Cn3nc(-c4cccs4)cc(N)c3=O)ccc21. The minimum atomic E-state index is -0.527. The Hall–Kier alpha value is -3.66. The van der Waals surface area contributed by atoms with Crippen molar-refractivity contribution < 1.29 is 4.79 Å². The van der Waals surface area contributed by atoms with E-state index in [1.54, 1.807) is 32.3 Å². The van der Waals surface area contributed by atoms with Crippen LogP contribution in [0.3, 0.4) is 0 Å². The molecule has 0 saturated carbocycles. The lowest BCUT2D eigenvalue weighted by Crippen LogP contribution is -2.31. The van der Waals surface area contributed by atoms with Gasteiger partial charge in [0.05, 0.1) is 15.9 Å². The number of nitrogens with zero attached hydrogens (tertiary/aromatic N) is 4. The van der Waals surface area contributed by atoms with Gasteiger partial charge in [0.25, 0.3) is 5.56 Å². The Labute approximate surface area is 168 Å². The first-order chi connectivity index (χ1) is 13.8. The summed E-state index contributed by atoms with van der Waals surface area (Å²) in [6, 6.07) is 10.4. The fourth-order valence-corrected chi connectivity index (χ4v) is 3.82. The van der Waals surface area contributed by atoms with Gasteiger partial charge in [-0.15, -0.1) is 11.3 Å². The maximum absolute atomic E-state index is 12.5. The molecule has 3 N–H and O–H groups in total. The first-order valence-electron chi connectivity index (χ1n) is 8.72. The van der Waals surface area contributed by atoms with E-state index >= 15 is 0 Å². The highest BCUT2D eigenvalue weighted by molar-refractivity contribution is 7.13. The van der Waals surface area contributed by atoms with Crippen LogP contribution in [-0.2, 0) is 25.4 Å². The molecular weight excluding hydrogens is 392 g/mol. The molecule has 1 amide bonds. The molecule has 0 aliphatic carbocycles. The third-order valence-corrected chi connectivity index (χ3v) is 5.52. The predicted octanol–water partition coefficient (Wildman–Crippen LogP) is 1.38. The summed E-state index contributed by atoms with van der Waals surface area (Å²) in [6.07, 6.45) is 0. The molecule has 0 unspecified atom stereocenters. The van der Waals surface area contributed by atoms with Gasteiger partial charge in [0.2, 0.25) is 5.91 Å². The summed E-state index contributed by atoms with van der Waals surface area (Å²) in [5, 5.41) is 8.89. The zero-order valence-corrected chi connectivity index (χ0v) is 16.6. The van der Waals surface area contributed by atoms with Crippen LogP contribution < -0.4 is 22.3 Å². The van der Waals surface area contributed by atoms with Crippen LogP contribution in [0.4, 0.5) is 11.4 Å².